The van der Waals surface area contributed by atoms with Crippen LogP contribution in [-0.4, -0.2) is 45.8 Å². The molecule has 1 heterocycles. The third-order valence-electron chi connectivity index (χ3n) is 8.28. The summed E-state index contributed by atoms with van der Waals surface area (Å²) in [5, 5.41) is 0. The Morgan fingerprint density at radius 3 is 1.38 bits per heavy atom. The zero-order chi connectivity index (χ0) is 30.7. The number of nitrogens with one attached hydrogen (secondary N) is 1. The highest BCUT2D eigenvalue weighted by molar-refractivity contribution is 5.99. The lowest BCUT2D eigenvalue weighted by molar-refractivity contribution is -0.160. The molecule has 7 heteroatoms. The third kappa shape index (κ3) is 18.4. The number of unbranched alkanes of at least 4 members (excludes halogenated alkanes) is 20. The average Bonchev–Trinajstić information content (AvgIpc) is 3.51. The van der Waals surface area contributed by atoms with Crippen molar-refractivity contribution in [3.63, 3.8) is 0 Å². The van der Waals surface area contributed by atoms with Crippen LogP contribution in [0.1, 0.15) is 174 Å². The molecule has 0 aliphatic carbocycles. The Labute approximate surface area is 257 Å². The van der Waals surface area contributed by atoms with E-state index in [1.807, 2.05) is 0 Å². The van der Waals surface area contributed by atoms with Crippen molar-refractivity contribution in [2.24, 2.45) is 0 Å². The number of aromatic amines is 1. The first-order valence-electron chi connectivity index (χ1n) is 17.4. The lowest BCUT2D eigenvalue weighted by Crippen LogP contribution is -2.50. The standard InChI is InChI=1S/C35H63N3O4/c1-4-6-8-10-12-14-16-18-20-22-24-26-33(39)38(32(35(41)42-3)28-31-29-36-30-37-31)34(40)27-25-23-21-19-17-15-13-11-9-7-5-2/h29-30,32H,4-28H2,1-3H3,(H,36,37)/t32-/m0/s1. The van der Waals surface area contributed by atoms with E-state index in [2.05, 4.69) is 23.8 Å². The molecule has 7 nitrogen and oxygen atoms in total. The number of rotatable bonds is 28. The van der Waals surface area contributed by atoms with Crippen LogP contribution in [0.3, 0.4) is 0 Å². The largest absolute Gasteiger partial charge is 0.467 e. The Bertz CT molecular complexity index is 758. The summed E-state index contributed by atoms with van der Waals surface area (Å²) >= 11 is 0. The number of ether oxygens (including phenoxy) is 1. The van der Waals surface area contributed by atoms with Crippen LogP contribution < -0.4 is 0 Å². The number of esters is 1. The second-order valence-corrected chi connectivity index (χ2v) is 12.0. The van der Waals surface area contributed by atoms with E-state index in [-0.39, 0.29) is 31.1 Å². The normalized spacial score (nSPS) is 11.9. The quantitative estimate of drug-likeness (QED) is 0.0777. The van der Waals surface area contributed by atoms with Gasteiger partial charge in [-0.25, -0.2) is 9.78 Å². The van der Waals surface area contributed by atoms with Gasteiger partial charge in [0.25, 0.3) is 0 Å². The molecule has 1 atom stereocenters. The molecule has 1 aromatic rings. The summed E-state index contributed by atoms with van der Waals surface area (Å²) < 4.78 is 5.05. The van der Waals surface area contributed by atoms with E-state index in [1.165, 1.54) is 121 Å². The van der Waals surface area contributed by atoms with Crippen LogP contribution in [0, 0.1) is 0 Å². The first-order chi connectivity index (χ1) is 20.5. The van der Waals surface area contributed by atoms with Gasteiger partial charge in [0, 0.05) is 31.2 Å². The highest BCUT2D eigenvalue weighted by Crippen LogP contribution is 2.18. The van der Waals surface area contributed by atoms with Gasteiger partial charge in [-0.1, -0.05) is 142 Å². The van der Waals surface area contributed by atoms with Crippen molar-refractivity contribution in [2.45, 2.75) is 180 Å². The lowest BCUT2D eigenvalue weighted by atomic mass is 10.0. The zero-order valence-electron chi connectivity index (χ0n) is 27.4. The van der Waals surface area contributed by atoms with Gasteiger partial charge >= 0.3 is 5.97 Å². The maximum Gasteiger partial charge on any atom is 0.329 e. The Morgan fingerprint density at radius 1 is 0.667 bits per heavy atom. The number of carbonyl (C=O) groups excluding carboxylic acids is 3. The Morgan fingerprint density at radius 2 is 1.05 bits per heavy atom. The summed E-state index contributed by atoms with van der Waals surface area (Å²) in [6.45, 7) is 4.49. The van der Waals surface area contributed by atoms with E-state index in [9.17, 15) is 14.4 Å². The number of hydrogen-bond acceptors (Lipinski definition) is 5. The molecule has 0 saturated heterocycles. The van der Waals surface area contributed by atoms with Crippen molar-refractivity contribution in [1.29, 1.82) is 0 Å². The Balaban J connectivity index is 2.52. The van der Waals surface area contributed by atoms with Crippen molar-refractivity contribution < 1.29 is 19.1 Å². The molecule has 42 heavy (non-hydrogen) atoms. The number of nitrogens with zero attached hydrogens (tertiary/aromatic N) is 2. The van der Waals surface area contributed by atoms with Gasteiger partial charge in [0.1, 0.15) is 6.04 Å². The smallest absolute Gasteiger partial charge is 0.329 e. The van der Waals surface area contributed by atoms with Gasteiger partial charge in [0.05, 0.1) is 13.4 Å². The maximum absolute atomic E-state index is 13.4. The van der Waals surface area contributed by atoms with E-state index in [0.717, 1.165) is 38.5 Å². The minimum atomic E-state index is -0.976. The lowest BCUT2D eigenvalue weighted by Gasteiger charge is -2.28. The number of hydrogen-bond donors (Lipinski definition) is 1. The third-order valence-corrected chi connectivity index (χ3v) is 8.28. The van der Waals surface area contributed by atoms with Crippen LogP contribution in [0.4, 0.5) is 0 Å². The number of imidazole rings is 1. The molecular formula is C35H63N3O4. The van der Waals surface area contributed by atoms with Crippen molar-refractivity contribution in [1.82, 2.24) is 14.9 Å². The predicted molar refractivity (Wildman–Crippen MR) is 172 cm³/mol. The van der Waals surface area contributed by atoms with Gasteiger partial charge in [0.15, 0.2) is 0 Å². The van der Waals surface area contributed by atoms with Gasteiger partial charge in [-0.05, 0) is 12.8 Å². The number of H-pyrrole nitrogens is 1. The molecule has 242 valence electrons. The van der Waals surface area contributed by atoms with Crippen molar-refractivity contribution in [2.75, 3.05) is 7.11 Å². The topological polar surface area (TPSA) is 92.4 Å². The van der Waals surface area contributed by atoms with Crippen molar-refractivity contribution >= 4 is 17.8 Å². The van der Waals surface area contributed by atoms with Crippen molar-refractivity contribution in [3.05, 3.63) is 18.2 Å². The molecular weight excluding hydrogens is 526 g/mol. The maximum atomic E-state index is 13.4. The first kappa shape index (κ1) is 37.8. The number of imide groups is 1. The fourth-order valence-electron chi connectivity index (χ4n) is 5.63. The van der Waals surface area contributed by atoms with Gasteiger partial charge in [-0.15, -0.1) is 0 Å². The van der Waals surface area contributed by atoms with E-state index >= 15 is 0 Å². The van der Waals surface area contributed by atoms with E-state index in [0.29, 0.717) is 5.69 Å². The fourth-order valence-corrected chi connectivity index (χ4v) is 5.63. The summed E-state index contributed by atoms with van der Waals surface area (Å²) in [6.07, 6.45) is 30.2. The fraction of sp³-hybridized carbons (Fsp3) is 0.829. The number of methoxy groups -OCH3 is 1. The molecule has 1 aromatic heterocycles. The molecule has 1 N–H and O–H groups in total. The van der Waals surface area contributed by atoms with Gasteiger partial charge in [-0.2, -0.15) is 0 Å². The van der Waals surface area contributed by atoms with Gasteiger partial charge < -0.3 is 9.72 Å². The highest BCUT2D eigenvalue weighted by Gasteiger charge is 2.35. The Hall–Kier alpha value is -2.18. The van der Waals surface area contributed by atoms with Crippen LogP contribution in [0.5, 0.6) is 0 Å². The minimum absolute atomic E-state index is 0.181. The van der Waals surface area contributed by atoms with Crippen LogP contribution in [0.15, 0.2) is 12.5 Å². The molecule has 0 aromatic carbocycles. The Kier molecular flexibility index (Phi) is 23.8. The van der Waals surface area contributed by atoms with E-state index in [4.69, 9.17) is 4.74 Å². The summed E-state index contributed by atoms with van der Waals surface area (Å²) in [7, 11) is 1.31. The summed E-state index contributed by atoms with van der Waals surface area (Å²) in [5.41, 5.74) is 0.695. The monoisotopic (exact) mass is 589 g/mol. The van der Waals surface area contributed by atoms with Crippen molar-refractivity contribution in [3.8, 4) is 0 Å². The second-order valence-electron chi connectivity index (χ2n) is 12.0. The van der Waals surface area contributed by atoms with Crippen LogP contribution in [0.25, 0.3) is 0 Å². The number of amides is 2. The van der Waals surface area contributed by atoms with E-state index < -0.39 is 12.0 Å². The van der Waals surface area contributed by atoms with Crippen LogP contribution >= 0.6 is 0 Å². The van der Waals surface area contributed by atoms with Gasteiger partial charge in [-0.3, -0.25) is 14.5 Å². The molecule has 0 aliphatic heterocycles. The first-order valence-corrected chi connectivity index (χ1v) is 17.4. The summed E-state index contributed by atoms with van der Waals surface area (Å²) in [6, 6.07) is -0.976. The summed E-state index contributed by atoms with van der Waals surface area (Å²) in [5.74, 6) is -1.10. The molecule has 0 radical (unpaired) electrons. The molecule has 0 saturated carbocycles. The molecule has 0 spiro atoms. The molecule has 0 unspecified atom stereocenters. The van der Waals surface area contributed by atoms with E-state index in [1.54, 1.807) is 6.20 Å². The summed E-state index contributed by atoms with van der Waals surface area (Å²) in [4.78, 5) is 47.9. The molecule has 0 fully saturated rings. The minimum Gasteiger partial charge on any atom is -0.467 e. The molecule has 1 rings (SSSR count). The number of aromatic nitrogens is 2. The second kappa shape index (κ2) is 26.4. The van der Waals surface area contributed by atoms with Gasteiger partial charge in [0.2, 0.25) is 11.8 Å². The zero-order valence-corrected chi connectivity index (χ0v) is 27.4. The molecule has 0 aliphatic rings. The number of carbonyl (C=O) groups is 3. The highest BCUT2D eigenvalue weighted by atomic mass is 16.5. The molecule has 0 bridgehead atoms. The SMILES string of the molecule is CCCCCCCCCCCCCC(=O)N(C(=O)CCCCCCCCCCCCC)[C@@H](Cc1cnc[nH]1)C(=O)OC. The average molecular weight is 590 g/mol. The van der Waals surface area contributed by atoms with Crippen LogP contribution in [-0.2, 0) is 25.5 Å². The van der Waals surface area contributed by atoms with Crippen LogP contribution in [0.2, 0.25) is 0 Å². The molecule has 2 amide bonds. The predicted octanol–water partition coefficient (Wildman–Crippen LogP) is 9.25.